The maximum Gasteiger partial charge on any atom is 0.422 e. The van der Waals surface area contributed by atoms with Gasteiger partial charge in [0.1, 0.15) is 5.60 Å². The number of rotatable bonds is 9. The molecular weight excluding hydrogens is 349 g/mol. The number of carbonyl (C=O) groups is 2. The van der Waals surface area contributed by atoms with Crippen molar-refractivity contribution in [1.82, 2.24) is 0 Å². The molecule has 0 heterocycles. The van der Waals surface area contributed by atoms with Gasteiger partial charge in [0.25, 0.3) is 0 Å². The lowest BCUT2D eigenvalue weighted by Gasteiger charge is -2.35. The Hall–Kier alpha value is -1.27. The Labute approximate surface area is 153 Å². The van der Waals surface area contributed by atoms with E-state index in [9.17, 15) is 22.8 Å². The van der Waals surface area contributed by atoms with Crippen molar-refractivity contribution in [1.29, 1.82) is 0 Å². The molecule has 1 saturated carbocycles. The summed E-state index contributed by atoms with van der Waals surface area (Å²) in [4.78, 5) is 24.6. The van der Waals surface area contributed by atoms with Crippen LogP contribution in [0.25, 0.3) is 0 Å². The molecule has 0 N–H and O–H groups in total. The first kappa shape index (κ1) is 22.8. The van der Waals surface area contributed by atoms with E-state index >= 15 is 0 Å². The lowest BCUT2D eigenvalue weighted by atomic mass is 9.83. The molecule has 1 rings (SSSR count). The van der Waals surface area contributed by atoms with Crippen molar-refractivity contribution in [3.05, 3.63) is 0 Å². The van der Waals surface area contributed by atoms with Gasteiger partial charge in [-0.2, -0.15) is 13.2 Å². The minimum Gasteiger partial charge on any atom is -0.458 e. The summed E-state index contributed by atoms with van der Waals surface area (Å²) >= 11 is 0. The van der Waals surface area contributed by atoms with Gasteiger partial charge in [-0.15, -0.1) is 0 Å². The van der Waals surface area contributed by atoms with Crippen LogP contribution in [0.3, 0.4) is 0 Å². The predicted octanol–water partition coefficient (Wildman–Crippen LogP) is 5.19. The molecule has 0 saturated heterocycles. The minimum absolute atomic E-state index is 0.0116. The Morgan fingerprint density at radius 3 is 2.15 bits per heavy atom. The Bertz CT molecular complexity index is 480. The van der Waals surface area contributed by atoms with Crippen LogP contribution in [0, 0.1) is 11.3 Å². The molecule has 1 atom stereocenters. The first-order chi connectivity index (χ1) is 11.9. The largest absolute Gasteiger partial charge is 0.458 e. The number of esters is 2. The van der Waals surface area contributed by atoms with E-state index in [0.29, 0.717) is 19.3 Å². The minimum atomic E-state index is -4.57. The Morgan fingerprint density at radius 2 is 1.69 bits per heavy atom. The van der Waals surface area contributed by atoms with E-state index in [-0.39, 0.29) is 18.3 Å². The average Bonchev–Trinajstić information content (AvgIpc) is 3.00. The molecule has 0 amide bonds. The summed E-state index contributed by atoms with van der Waals surface area (Å²) in [7, 11) is 0. The number of carbonyl (C=O) groups excluding carboxylic acids is 2. The van der Waals surface area contributed by atoms with E-state index in [1.165, 1.54) is 0 Å². The number of ether oxygens (including phenoxy) is 2. The van der Waals surface area contributed by atoms with Gasteiger partial charge in [0, 0.05) is 6.42 Å². The van der Waals surface area contributed by atoms with E-state index in [2.05, 4.69) is 18.6 Å². The van der Waals surface area contributed by atoms with Gasteiger partial charge in [0.2, 0.25) is 0 Å². The zero-order valence-electron chi connectivity index (χ0n) is 16.2. The fourth-order valence-corrected chi connectivity index (χ4v) is 3.40. The van der Waals surface area contributed by atoms with Gasteiger partial charge in [-0.05, 0) is 43.9 Å². The van der Waals surface area contributed by atoms with Crippen LogP contribution in [0.15, 0.2) is 0 Å². The van der Waals surface area contributed by atoms with Crippen LogP contribution < -0.4 is 0 Å². The molecule has 0 bridgehead atoms. The first-order valence-corrected chi connectivity index (χ1v) is 9.40. The monoisotopic (exact) mass is 380 g/mol. The first-order valence-electron chi connectivity index (χ1n) is 9.40. The standard InChI is InChI=1S/C19H31F3O4/c1-5-14(16(24)25-13-19(20,21)22)18(10-7-8-11-18)26-15(23)9-12-17(3,4)6-2/h14H,5-13H2,1-4H3. The summed E-state index contributed by atoms with van der Waals surface area (Å²) in [6.07, 6.45) is 0.0272. The molecular formula is C19H31F3O4. The van der Waals surface area contributed by atoms with Gasteiger partial charge < -0.3 is 9.47 Å². The normalized spacial score (nSPS) is 18.4. The summed E-state index contributed by atoms with van der Waals surface area (Å²) in [5.41, 5.74) is -1.03. The van der Waals surface area contributed by atoms with Gasteiger partial charge in [-0.1, -0.05) is 34.1 Å². The number of hydrogen-bond acceptors (Lipinski definition) is 4. The van der Waals surface area contributed by atoms with Crippen LogP contribution >= 0.6 is 0 Å². The van der Waals surface area contributed by atoms with Crippen molar-refractivity contribution in [3.8, 4) is 0 Å². The third-order valence-electron chi connectivity index (χ3n) is 5.44. The maximum atomic E-state index is 12.4. The van der Waals surface area contributed by atoms with Crippen LogP contribution in [0.5, 0.6) is 0 Å². The highest BCUT2D eigenvalue weighted by Crippen LogP contribution is 2.42. The van der Waals surface area contributed by atoms with Gasteiger partial charge in [0.05, 0.1) is 5.92 Å². The number of alkyl halides is 3. The van der Waals surface area contributed by atoms with E-state index in [0.717, 1.165) is 19.3 Å². The zero-order chi connectivity index (χ0) is 20.0. The van der Waals surface area contributed by atoms with Crippen LogP contribution in [-0.4, -0.2) is 30.3 Å². The summed E-state index contributed by atoms with van der Waals surface area (Å²) in [6, 6.07) is 0. The van der Waals surface area contributed by atoms with Crippen molar-refractivity contribution >= 4 is 11.9 Å². The third kappa shape index (κ3) is 6.80. The maximum absolute atomic E-state index is 12.4. The highest BCUT2D eigenvalue weighted by atomic mass is 19.4. The highest BCUT2D eigenvalue weighted by Gasteiger charge is 2.48. The molecule has 0 aromatic rings. The Kier molecular flexibility index (Phi) is 7.96. The van der Waals surface area contributed by atoms with Crippen molar-refractivity contribution in [2.24, 2.45) is 11.3 Å². The predicted molar refractivity (Wildman–Crippen MR) is 91.4 cm³/mol. The zero-order valence-corrected chi connectivity index (χ0v) is 16.2. The highest BCUT2D eigenvalue weighted by molar-refractivity contribution is 5.76. The third-order valence-corrected chi connectivity index (χ3v) is 5.44. The van der Waals surface area contributed by atoms with E-state index in [4.69, 9.17) is 4.74 Å². The van der Waals surface area contributed by atoms with E-state index in [1.54, 1.807) is 6.92 Å². The van der Waals surface area contributed by atoms with Gasteiger partial charge in [-0.3, -0.25) is 9.59 Å². The molecule has 0 aliphatic heterocycles. The summed E-state index contributed by atoms with van der Waals surface area (Å²) in [5, 5.41) is 0. The molecule has 1 unspecified atom stereocenters. The molecule has 7 heteroatoms. The van der Waals surface area contributed by atoms with Crippen LogP contribution in [-0.2, 0) is 19.1 Å². The van der Waals surface area contributed by atoms with Crippen molar-refractivity contribution in [3.63, 3.8) is 0 Å². The van der Waals surface area contributed by atoms with Crippen molar-refractivity contribution in [2.75, 3.05) is 6.61 Å². The van der Waals surface area contributed by atoms with Gasteiger partial charge in [0.15, 0.2) is 6.61 Å². The number of halogens is 3. The van der Waals surface area contributed by atoms with Crippen molar-refractivity contribution in [2.45, 2.75) is 90.8 Å². The summed E-state index contributed by atoms with van der Waals surface area (Å²) in [6.45, 7) is 6.27. The molecule has 0 aromatic carbocycles. The molecule has 4 nitrogen and oxygen atoms in total. The van der Waals surface area contributed by atoms with Gasteiger partial charge in [-0.25, -0.2) is 0 Å². The van der Waals surface area contributed by atoms with Crippen LogP contribution in [0.2, 0.25) is 0 Å². The smallest absolute Gasteiger partial charge is 0.422 e. The van der Waals surface area contributed by atoms with Crippen molar-refractivity contribution < 1.29 is 32.2 Å². The van der Waals surface area contributed by atoms with E-state index in [1.807, 2.05) is 6.92 Å². The fraction of sp³-hybridized carbons (Fsp3) is 0.895. The van der Waals surface area contributed by atoms with E-state index < -0.39 is 36.2 Å². The summed E-state index contributed by atoms with van der Waals surface area (Å²) in [5.74, 6) is -2.20. The molecule has 0 radical (unpaired) electrons. The number of hydrogen-bond donors (Lipinski definition) is 0. The molecule has 0 spiro atoms. The molecule has 152 valence electrons. The SMILES string of the molecule is CCC(C(=O)OCC(F)(F)F)C1(OC(=O)CCC(C)(C)CC)CCCC1. The quantitative estimate of drug-likeness (QED) is 0.517. The second-order valence-corrected chi connectivity index (χ2v) is 7.95. The topological polar surface area (TPSA) is 52.6 Å². The molecule has 0 aromatic heterocycles. The van der Waals surface area contributed by atoms with Crippen LogP contribution in [0.1, 0.15) is 79.1 Å². The average molecular weight is 380 g/mol. The Balaban J connectivity index is 2.79. The fourth-order valence-electron chi connectivity index (χ4n) is 3.40. The molecule has 26 heavy (non-hydrogen) atoms. The lowest BCUT2D eigenvalue weighted by Crippen LogP contribution is -2.45. The second kappa shape index (κ2) is 9.09. The summed E-state index contributed by atoms with van der Waals surface area (Å²) < 4.78 is 47.2. The lowest BCUT2D eigenvalue weighted by molar-refractivity contribution is -0.198. The van der Waals surface area contributed by atoms with Crippen LogP contribution in [0.4, 0.5) is 13.2 Å². The Morgan fingerprint density at radius 1 is 1.12 bits per heavy atom. The molecule has 1 fully saturated rings. The second-order valence-electron chi connectivity index (χ2n) is 7.95. The molecule has 1 aliphatic rings. The van der Waals surface area contributed by atoms with Gasteiger partial charge >= 0.3 is 18.1 Å². The molecule has 1 aliphatic carbocycles.